The highest BCUT2D eigenvalue weighted by Crippen LogP contribution is 2.23. The monoisotopic (exact) mass is 357 g/mol. The summed E-state index contributed by atoms with van der Waals surface area (Å²) >= 11 is 12.0. The number of rotatable bonds is 3. The molecule has 9 heteroatoms. The molecule has 0 bridgehead atoms. The number of hydrogen-bond donors (Lipinski definition) is 1. The van der Waals surface area contributed by atoms with Crippen LogP contribution in [-0.2, 0) is 0 Å². The number of halogens is 2. The lowest BCUT2D eigenvalue weighted by Crippen LogP contribution is -2.02. The number of nitrogens with one attached hydrogen (secondary N) is 1. The predicted octanol–water partition coefficient (Wildman–Crippen LogP) is 3.63. The van der Waals surface area contributed by atoms with Gasteiger partial charge in [-0.05, 0) is 36.4 Å². The van der Waals surface area contributed by atoms with E-state index in [0.29, 0.717) is 33.2 Å². The number of nitrogens with zero attached hydrogens (tertiary/aromatic N) is 6. The highest BCUT2D eigenvalue weighted by molar-refractivity contribution is 6.32. The van der Waals surface area contributed by atoms with Gasteiger partial charge in [-0.15, -0.1) is 10.2 Å². The van der Waals surface area contributed by atoms with Gasteiger partial charge in [0.05, 0.1) is 11.2 Å². The quantitative estimate of drug-likeness (QED) is 0.602. The molecule has 0 fully saturated rings. The van der Waals surface area contributed by atoms with E-state index in [1.807, 2.05) is 12.1 Å². The minimum Gasteiger partial charge on any atom is -0.323 e. The first-order valence-electron chi connectivity index (χ1n) is 6.92. The van der Waals surface area contributed by atoms with Gasteiger partial charge in [0.2, 0.25) is 0 Å². The molecule has 118 valence electrons. The highest BCUT2D eigenvalue weighted by Gasteiger charge is 2.12. The van der Waals surface area contributed by atoms with Crippen molar-refractivity contribution in [3.05, 3.63) is 58.8 Å². The Kier molecular flexibility index (Phi) is 3.72. The van der Waals surface area contributed by atoms with Crippen molar-refractivity contribution < 1.29 is 0 Å². The summed E-state index contributed by atoms with van der Waals surface area (Å²) in [5.74, 6) is 0.782. The molecule has 0 aliphatic heterocycles. The van der Waals surface area contributed by atoms with Crippen molar-refractivity contribution in [2.24, 2.45) is 0 Å². The summed E-state index contributed by atoms with van der Waals surface area (Å²) in [6.07, 6.45) is 3.21. The third-order valence-electron chi connectivity index (χ3n) is 3.24. The summed E-state index contributed by atoms with van der Waals surface area (Å²) < 4.78 is 1.49. The highest BCUT2D eigenvalue weighted by atomic mass is 35.5. The van der Waals surface area contributed by atoms with Crippen LogP contribution in [0.15, 0.2) is 48.8 Å². The van der Waals surface area contributed by atoms with Crippen molar-refractivity contribution in [1.29, 1.82) is 0 Å². The van der Waals surface area contributed by atoms with Gasteiger partial charge in [-0.2, -0.15) is 9.61 Å². The van der Waals surface area contributed by atoms with Crippen LogP contribution in [0.3, 0.4) is 0 Å². The topological polar surface area (TPSA) is 80.9 Å². The summed E-state index contributed by atoms with van der Waals surface area (Å²) in [6, 6.07) is 10.7. The lowest BCUT2D eigenvalue weighted by molar-refractivity contribution is 0.907. The summed E-state index contributed by atoms with van der Waals surface area (Å²) in [5, 5.41) is 16.7. The van der Waals surface area contributed by atoms with Gasteiger partial charge in [0.25, 0.3) is 11.7 Å². The molecule has 0 radical (unpaired) electrons. The smallest absolute Gasteiger partial charge is 0.274 e. The third kappa shape index (κ3) is 2.75. The number of fused-ring (bicyclic) bond motifs is 1. The lowest BCUT2D eigenvalue weighted by atomic mass is 10.3. The molecule has 0 saturated heterocycles. The van der Waals surface area contributed by atoms with Crippen LogP contribution in [-0.4, -0.2) is 29.8 Å². The second-order valence-corrected chi connectivity index (χ2v) is 5.69. The molecule has 4 rings (SSSR count). The van der Waals surface area contributed by atoms with E-state index < -0.39 is 0 Å². The molecule has 0 unspecified atom stereocenters. The Morgan fingerprint density at radius 1 is 1.00 bits per heavy atom. The van der Waals surface area contributed by atoms with E-state index in [1.54, 1.807) is 36.7 Å². The third-order valence-corrected chi connectivity index (χ3v) is 3.80. The van der Waals surface area contributed by atoms with Gasteiger partial charge in [-0.1, -0.05) is 23.2 Å². The average molecular weight is 358 g/mol. The summed E-state index contributed by atoms with van der Waals surface area (Å²) in [4.78, 5) is 8.62. The van der Waals surface area contributed by atoms with Gasteiger partial charge in [0.15, 0.2) is 0 Å². The Labute approximate surface area is 146 Å². The normalized spacial score (nSPS) is 10.9. The number of aromatic nitrogens is 6. The minimum absolute atomic E-state index is 0.339. The van der Waals surface area contributed by atoms with Crippen LogP contribution >= 0.6 is 23.2 Å². The molecule has 0 aliphatic rings. The van der Waals surface area contributed by atoms with E-state index in [-0.39, 0.29) is 0 Å². The van der Waals surface area contributed by atoms with E-state index >= 15 is 0 Å². The van der Waals surface area contributed by atoms with E-state index in [9.17, 15) is 0 Å². The maximum atomic E-state index is 6.14. The zero-order valence-corrected chi connectivity index (χ0v) is 13.6. The number of pyridine rings is 1. The zero-order chi connectivity index (χ0) is 16.5. The molecule has 1 aromatic carbocycles. The first kappa shape index (κ1) is 14.8. The fourth-order valence-corrected chi connectivity index (χ4v) is 2.47. The average Bonchev–Trinajstić information content (AvgIpc) is 2.99. The first-order valence-corrected chi connectivity index (χ1v) is 7.68. The van der Waals surface area contributed by atoms with Crippen molar-refractivity contribution >= 4 is 40.6 Å². The van der Waals surface area contributed by atoms with E-state index in [4.69, 9.17) is 23.2 Å². The fraction of sp³-hybridized carbons (Fsp3) is 0. The lowest BCUT2D eigenvalue weighted by Gasteiger charge is -2.04. The van der Waals surface area contributed by atoms with Crippen LogP contribution in [0, 0.1) is 0 Å². The molecule has 0 amide bonds. The minimum atomic E-state index is 0.339. The standard InChI is InChI=1S/C15H9Cl2N7/c16-9-3-5-10(6-4-9)20-14-22-23-15-21-12(8-19-24(14)15)13-11(17)2-1-7-18-13/h1-8H,(H,20,22). The summed E-state index contributed by atoms with van der Waals surface area (Å²) in [5.41, 5.74) is 1.88. The molecule has 3 heterocycles. The Morgan fingerprint density at radius 3 is 2.62 bits per heavy atom. The first-order chi connectivity index (χ1) is 11.7. The summed E-state index contributed by atoms with van der Waals surface area (Å²) in [6.45, 7) is 0. The van der Waals surface area contributed by atoms with E-state index in [0.717, 1.165) is 5.69 Å². The SMILES string of the molecule is Clc1ccc(Nc2nnc3nc(-c4ncccc4Cl)cnn23)cc1. The molecule has 0 spiro atoms. The second kappa shape index (κ2) is 6.03. The number of anilines is 2. The molecule has 1 N–H and O–H groups in total. The Hall–Kier alpha value is -2.77. The van der Waals surface area contributed by atoms with Gasteiger partial charge in [-0.25, -0.2) is 4.98 Å². The van der Waals surface area contributed by atoms with E-state index in [2.05, 4.69) is 30.6 Å². The largest absolute Gasteiger partial charge is 0.323 e. The molecule has 0 aliphatic carbocycles. The van der Waals surface area contributed by atoms with Gasteiger partial charge in [0.1, 0.15) is 11.4 Å². The van der Waals surface area contributed by atoms with Crippen molar-refractivity contribution in [1.82, 2.24) is 29.8 Å². The molecule has 7 nitrogen and oxygen atoms in total. The van der Waals surface area contributed by atoms with Gasteiger partial charge in [-0.3, -0.25) is 4.98 Å². The number of hydrogen-bond acceptors (Lipinski definition) is 6. The second-order valence-electron chi connectivity index (χ2n) is 4.84. The van der Waals surface area contributed by atoms with E-state index in [1.165, 1.54) is 4.52 Å². The molecule has 4 aromatic rings. The summed E-state index contributed by atoms with van der Waals surface area (Å²) in [7, 11) is 0. The Bertz CT molecular complexity index is 1010. The van der Waals surface area contributed by atoms with Crippen LogP contribution in [0.2, 0.25) is 10.0 Å². The van der Waals surface area contributed by atoms with Crippen molar-refractivity contribution in [3.8, 4) is 11.4 Å². The van der Waals surface area contributed by atoms with Gasteiger partial charge < -0.3 is 5.32 Å². The molecule has 24 heavy (non-hydrogen) atoms. The maximum Gasteiger partial charge on any atom is 0.274 e. The van der Waals surface area contributed by atoms with Gasteiger partial charge in [0, 0.05) is 16.9 Å². The fourth-order valence-electron chi connectivity index (χ4n) is 2.13. The Morgan fingerprint density at radius 2 is 1.83 bits per heavy atom. The maximum absolute atomic E-state index is 6.14. The van der Waals surface area contributed by atoms with Crippen LogP contribution in [0.4, 0.5) is 11.6 Å². The molecular formula is C15H9Cl2N7. The van der Waals surface area contributed by atoms with Gasteiger partial charge >= 0.3 is 0 Å². The van der Waals surface area contributed by atoms with Crippen LogP contribution in [0.1, 0.15) is 0 Å². The van der Waals surface area contributed by atoms with Crippen molar-refractivity contribution in [2.75, 3.05) is 5.32 Å². The number of benzene rings is 1. The Balaban J connectivity index is 1.70. The van der Waals surface area contributed by atoms with Crippen molar-refractivity contribution in [2.45, 2.75) is 0 Å². The zero-order valence-electron chi connectivity index (χ0n) is 12.1. The molecular weight excluding hydrogens is 349 g/mol. The van der Waals surface area contributed by atoms with Crippen molar-refractivity contribution in [3.63, 3.8) is 0 Å². The van der Waals surface area contributed by atoms with Crippen LogP contribution in [0.25, 0.3) is 17.2 Å². The van der Waals surface area contributed by atoms with Crippen LogP contribution < -0.4 is 5.32 Å². The van der Waals surface area contributed by atoms with Crippen LogP contribution in [0.5, 0.6) is 0 Å². The molecule has 0 saturated carbocycles. The molecule has 3 aromatic heterocycles. The predicted molar refractivity (Wildman–Crippen MR) is 91.6 cm³/mol. The molecule has 0 atom stereocenters.